The topological polar surface area (TPSA) is 85.2 Å². The zero-order chi connectivity index (χ0) is 21.8. The van der Waals surface area contributed by atoms with Gasteiger partial charge in [-0.05, 0) is 38.4 Å². The predicted octanol–water partition coefficient (Wildman–Crippen LogP) is 3.07. The lowest BCUT2D eigenvalue weighted by molar-refractivity contribution is 0.261. The molecule has 0 bridgehead atoms. The first-order valence-corrected chi connectivity index (χ1v) is 9.95. The number of anilines is 2. The standard InChI is InChI=1S/C23H24N6O2/c1-28(2)13-14-31-18-11-9-17(10-12-18)25-23-24-15-19-21(27-23)29(3)22(30)20(26-19)16-7-5-4-6-8-16/h4-12,15H,13-14H2,1-3H3,(H,24,25,27). The molecule has 1 N–H and O–H groups in total. The minimum atomic E-state index is -0.206. The third kappa shape index (κ3) is 4.70. The Morgan fingerprint density at radius 1 is 1.03 bits per heavy atom. The van der Waals surface area contributed by atoms with Gasteiger partial charge in [-0.1, -0.05) is 30.3 Å². The Balaban J connectivity index is 1.56. The molecule has 0 aliphatic heterocycles. The summed E-state index contributed by atoms with van der Waals surface area (Å²) in [6.45, 7) is 1.48. The van der Waals surface area contributed by atoms with Gasteiger partial charge in [-0.3, -0.25) is 9.36 Å². The van der Waals surface area contributed by atoms with Crippen LogP contribution in [0.2, 0.25) is 0 Å². The molecule has 0 unspecified atom stereocenters. The lowest BCUT2D eigenvalue weighted by Crippen LogP contribution is -2.22. The Labute approximate surface area is 180 Å². The van der Waals surface area contributed by atoms with Gasteiger partial charge in [-0.25, -0.2) is 9.97 Å². The van der Waals surface area contributed by atoms with Crippen molar-refractivity contribution in [2.75, 3.05) is 32.6 Å². The molecule has 31 heavy (non-hydrogen) atoms. The number of ether oxygens (including phenoxy) is 1. The van der Waals surface area contributed by atoms with E-state index in [-0.39, 0.29) is 5.56 Å². The smallest absolute Gasteiger partial charge is 0.278 e. The molecular weight excluding hydrogens is 392 g/mol. The minimum absolute atomic E-state index is 0.206. The summed E-state index contributed by atoms with van der Waals surface area (Å²) in [7, 11) is 5.71. The lowest BCUT2D eigenvalue weighted by Gasteiger charge is -2.12. The van der Waals surface area contributed by atoms with Crippen LogP contribution < -0.4 is 15.6 Å². The van der Waals surface area contributed by atoms with Gasteiger partial charge in [-0.15, -0.1) is 0 Å². The van der Waals surface area contributed by atoms with Gasteiger partial charge in [0.15, 0.2) is 5.65 Å². The van der Waals surface area contributed by atoms with Crippen molar-refractivity contribution >= 4 is 22.8 Å². The van der Waals surface area contributed by atoms with Gasteiger partial charge in [0.1, 0.15) is 23.6 Å². The molecule has 2 aromatic heterocycles. The van der Waals surface area contributed by atoms with Crippen LogP contribution in [-0.2, 0) is 7.05 Å². The third-order valence-corrected chi connectivity index (χ3v) is 4.77. The minimum Gasteiger partial charge on any atom is -0.492 e. The fraction of sp³-hybridized carbons (Fsp3) is 0.217. The number of rotatable bonds is 7. The summed E-state index contributed by atoms with van der Waals surface area (Å²) in [6, 6.07) is 17.0. The summed E-state index contributed by atoms with van der Waals surface area (Å²) in [5.41, 5.74) is 2.77. The molecular formula is C23H24N6O2. The number of nitrogens with zero attached hydrogens (tertiary/aromatic N) is 5. The Hall–Kier alpha value is -3.78. The first-order chi connectivity index (χ1) is 15.0. The quantitative estimate of drug-likeness (QED) is 0.496. The number of aryl methyl sites for hydroxylation is 1. The second-order valence-electron chi connectivity index (χ2n) is 7.39. The van der Waals surface area contributed by atoms with Crippen molar-refractivity contribution in [3.05, 3.63) is 71.1 Å². The van der Waals surface area contributed by atoms with E-state index < -0.39 is 0 Å². The van der Waals surface area contributed by atoms with Gasteiger partial charge in [0.25, 0.3) is 5.56 Å². The second kappa shape index (κ2) is 8.93. The average Bonchev–Trinajstić information content (AvgIpc) is 2.78. The van der Waals surface area contributed by atoms with Gasteiger partial charge in [0, 0.05) is 24.8 Å². The van der Waals surface area contributed by atoms with Gasteiger partial charge < -0.3 is 15.0 Å². The van der Waals surface area contributed by atoms with Crippen LogP contribution in [0.5, 0.6) is 5.75 Å². The first-order valence-electron chi connectivity index (χ1n) is 9.95. The highest BCUT2D eigenvalue weighted by Gasteiger charge is 2.12. The molecule has 0 atom stereocenters. The van der Waals surface area contributed by atoms with E-state index in [1.54, 1.807) is 13.2 Å². The molecule has 2 heterocycles. The van der Waals surface area contributed by atoms with E-state index in [0.29, 0.717) is 29.4 Å². The number of likely N-dealkylation sites (N-methyl/N-ethyl adjacent to an activating group) is 1. The Morgan fingerprint density at radius 3 is 2.48 bits per heavy atom. The van der Waals surface area contributed by atoms with E-state index in [4.69, 9.17) is 4.74 Å². The van der Waals surface area contributed by atoms with Gasteiger partial charge in [-0.2, -0.15) is 4.98 Å². The van der Waals surface area contributed by atoms with Crippen molar-refractivity contribution in [1.29, 1.82) is 0 Å². The molecule has 0 aliphatic rings. The van der Waals surface area contributed by atoms with Gasteiger partial charge in [0.05, 0.1) is 6.20 Å². The van der Waals surface area contributed by atoms with Crippen LogP contribution in [0.1, 0.15) is 0 Å². The van der Waals surface area contributed by atoms with Crippen molar-refractivity contribution in [2.45, 2.75) is 0 Å². The molecule has 8 nitrogen and oxygen atoms in total. The average molecular weight is 416 g/mol. The maximum atomic E-state index is 12.8. The Bertz CT molecular complexity index is 1240. The van der Waals surface area contributed by atoms with Crippen LogP contribution in [0, 0.1) is 0 Å². The summed E-state index contributed by atoms with van der Waals surface area (Å²) >= 11 is 0. The van der Waals surface area contributed by atoms with Crippen LogP contribution >= 0.6 is 0 Å². The molecule has 0 saturated carbocycles. The fourth-order valence-corrected chi connectivity index (χ4v) is 3.07. The number of nitrogens with one attached hydrogen (secondary N) is 1. The fourth-order valence-electron chi connectivity index (χ4n) is 3.07. The number of hydrogen-bond acceptors (Lipinski definition) is 7. The zero-order valence-corrected chi connectivity index (χ0v) is 17.7. The van der Waals surface area contributed by atoms with Crippen molar-refractivity contribution < 1.29 is 4.74 Å². The number of aromatic nitrogens is 4. The summed E-state index contributed by atoms with van der Waals surface area (Å²) in [5, 5.41) is 3.16. The summed E-state index contributed by atoms with van der Waals surface area (Å²) in [6.07, 6.45) is 1.62. The molecule has 0 saturated heterocycles. The van der Waals surface area contributed by atoms with Crippen molar-refractivity contribution in [3.8, 4) is 17.0 Å². The highest BCUT2D eigenvalue weighted by molar-refractivity contribution is 5.75. The third-order valence-electron chi connectivity index (χ3n) is 4.77. The maximum Gasteiger partial charge on any atom is 0.278 e. The highest BCUT2D eigenvalue weighted by atomic mass is 16.5. The molecule has 4 rings (SSSR count). The van der Waals surface area contributed by atoms with Crippen molar-refractivity contribution in [3.63, 3.8) is 0 Å². The van der Waals surface area contributed by atoms with Crippen LogP contribution in [0.15, 0.2) is 65.6 Å². The Morgan fingerprint density at radius 2 is 1.77 bits per heavy atom. The predicted molar refractivity (Wildman–Crippen MR) is 122 cm³/mol. The molecule has 158 valence electrons. The molecule has 0 fully saturated rings. The lowest BCUT2D eigenvalue weighted by atomic mass is 10.1. The van der Waals surface area contributed by atoms with E-state index in [1.165, 1.54) is 4.57 Å². The first kappa shape index (κ1) is 20.5. The molecule has 0 spiro atoms. The zero-order valence-electron chi connectivity index (χ0n) is 17.7. The van der Waals surface area contributed by atoms with Crippen LogP contribution in [0.25, 0.3) is 22.4 Å². The van der Waals surface area contributed by atoms with Crippen LogP contribution in [0.3, 0.4) is 0 Å². The van der Waals surface area contributed by atoms with E-state index in [0.717, 1.165) is 23.5 Å². The summed E-state index contributed by atoms with van der Waals surface area (Å²) in [4.78, 5) is 28.3. The summed E-state index contributed by atoms with van der Waals surface area (Å²) < 4.78 is 7.21. The molecule has 0 aliphatic carbocycles. The molecule has 2 aromatic carbocycles. The Kier molecular flexibility index (Phi) is 5.90. The number of hydrogen-bond donors (Lipinski definition) is 1. The van der Waals surface area contributed by atoms with Crippen molar-refractivity contribution in [2.24, 2.45) is 7.05 Å². The molecule has 0 radical (unpaired) electrons. The largest absolute Gasteiger partial charge is 0.492 e. The van der Waals surface area contributed by atoms with E-state index in [9.17, 15) is 4.79 Å². The normalized spacial score (nSPS) is 11.1. The second-order valence-corrected chi connectivity index (χ2v) is 7.39. The van der Waals surface area contributed by atoms with Gasteiger partial charge in [0.2, 0.25) is 5.95 Å². The number of fused-ring (bicyclic) bond motifs is 1. The number of benzene rings is 2. The van der Waals surface area contributed by atoms with E-state index in [2.05, 4.69) is 25.2 Å². The monoisotopic (exact) mass is 416 g/mol. The van der Waals surface area contributed by atoms with Crippen molar-refractivity contribution in [1.82, 2.24) is 24.4 Å². The maximum absolute atomic E-state index is 12.8. The van der Waals surface area contributed by atoms with Crippen LogP contribution in [-0.4, -0.2) is 51.7 Å². The summed E-state index contributed by atoms with van der Waals surface area (Å²) in [5.74, 6) is 1.19. The van der Waals surface area contributed by atoms with E-state index in [1.807, 2.05) is 68.7 Å². The highest BCUT2D eigenvalue weighted by Crippen LogP contribution is 2.20. The SMILES string of the molecule is CN(C)CCOc1ccc(Nc2ncc3nc(-c4ccccc4)c(=O)n(C)c3n2)cc1. The molecule has 8 heteroatoms. The van der Waals surface area contributed by atoms with Crippen LogP contribution in [0.4, 0.5) is 11.6 Å². The molecule has 4 aromatic rings. The molecule has 0 amide bonds. The van der Waals surface area contributed by atoms with Gasteiger partial charge >= 0.3 is 0 Å². The van der Waals surface area contributed by atoms with E-state index >= 15 is 0 Å².